The Morgan fingerprint density at radius 1 is 1.40 bits per heavy atom. The number of halogens is 3. The van der Waals surface area contributed by atoms with E-state index >= 15 is 0 Å². The molecule has 0 radical (unpaired) electrons. The van der Waals surface area contributed by atoms with Gasteiger partial charge in [0, 0.05) is 5.56 Å². The monoisotopic (exact) mass is 212 g/mol. The number of rotatable bonds is 2. The first kappa shape index (κ1) is 11.2. The van der Waals surface area contributed by atoms with E-state index in [4.69, 9.17) is 5.41 Å². The summed E-state index contributed by atoms with van der Waals surface area (Å²) in [4.78, 5) is 10.3. The Balaban J connectivity index is 3.26. The lowest BCUT2D eigenvalue weighted by Crippen LogP contribution is -2.11. The maximum atomic E-state index is 12.3. The molecule has 0 spiro atoms. The summed E-state index contributed by atoms with van der Waals surface area (Å²) in [6.07, 6.45) is -4.27. The third-order valence-corrected chi connectivity index (χ3v) is 1.71. The maximum Gasteiger partial charge on any atom is 0.422 e. The molecule has 2 nitrogen and oxygen atoms in total. The molecule has 0 amide bonds. The summed E-state index contributed by atoms with van der Waals surface area (Å²) in [5.74, 6) is 1.09. The quantitative estimate of drug-likeness (QED) is 0.548. The second-order valence-electron chi connectivity index (χ2n) is 2.73. The summed E-state index contributed by atoms with van der Waals surface area (Å²) in [5.41, 5.74) is -1.50. The molecule has 1 rings (SSSR count). The topological polar surface area (TPSA) is 39.4 Å². The van der Waals surface area contributed by atoms with E-state index < -0.39 is 11.7 Å². The first-order valence-electron chi connectivity index (χ1n) is 3.89. The number of benzene rings is 1. The van der Waals surface area contributed by atoms with E-state index in [-0.39, 0.29) is 11.1 Å². The van der Waals surface area contributed by atoms with Crippen molar-refractivity contribution in [1.82, 2.24) is 0 Å². The minimum absolute atomic E-state index is 0.101. The van der Waals surface area contributed by atoms with Crippen LogP contribution in [-0.4, -0.2) is 18.3 Å². The van der Waals surface area contributed by atoms with Gasteiger partial charge in [0.15, 0.2) is 0 Å². The van der Waals surface area contributed by atoms with Crippen molar-refractivity contribution in [3.8, 4) is 0 Å². The van der Waals surface area contributed by atoms with Crippen LogP contribution in [0.3, 0.4) is 0 Å². The highest BCUT2D eigenvalue weighted by molar-refractivity contribution is 5.94. The van der Waals surface area contributed by atoms with Gasteiger partial charge in [0.05, 0.1) is 5.57 Å². The molecule has 1 aromatic carbocycles. The number of allylic oxidation sites excluding steroid dienone is 1. The fourth-order valence-electron chi connectivity index (χ4n) is 1.06. The maximum absolute atomic E-state index is 12.3. The van der Waals surface area contributed by atoms with E-state index in [0.29, 0.717) is 6.29 Å². The van der Waals surface area contributed by atoms with Gasteiger partial charge >= 0.3 is 6.18 Å². The van der Waals surface area contributed by atoms with Crippen molar-refractivity contribution in [2.24, 2.45) is 0 Å². The summed E-state index contributed by atoms with van der Waals surface area (Å²) in [6, 6.07) is 4.82. The second kappa shape index (κ2) is 4.11. The molecular weight excluding hydrogens is 207 g/mol. The molecule has 5 heteroatoms. The van der Waals surface area contributed by atoms with Crippen LogP contribution < -0.4 is 0 Å². The zero-order valence-corrected chi connectivity index (χ0v) is 7.38. The van der Waals surface area contributed by atoms with Crippen LogP contribution in [0.2, 0.25) is 0 Å². The molecule has 0 N–H and O–H groups in total. The highest BCUT2D eigenvalue weighted by atomic mass is 19.4. The average Bonchev–Trinajstić information content (AvgIpc) is 2.17. The summed E-state index contributed by atoms with van der Waals surface area (Å²) in [5, 5.41) is 8.38. The van der Waals surface area contributed by atoms with Crippen LogP contribution >= 0.6 is 0 Å². The Morgan fingerprint density at radius 2 is 2.07 bits per heavy atom. The first-order chi connectivity index (χ1) is 6.99. The highest BCUT2D eigenvalue weighted by Crippen LogP contribution is 2.31. The van der Waals surface area contributed by atoms with Crippen molar-refractivity contribution in [1.29, 1.82) is 0 Å². The Kier molecular flexibility index (Phi) is 3.07. The van der Waals surface area contributed by atoms with Gasteiger partial charge < -0.3 is 5.41 Å². The zero-order chi connectivity index (χ0) is 11.5. The van der Waals surface area contributed by atoms with Crippen molar-refractivity contribution in [2.75, 3.05) is 0 Å². The predicted octanol–water partition coefficient (Wildman–Crippen LogP) is 2.68. The number of carbonyl (C=O) groups is 1. The molecule has 0 heterocycles. The van der Waals surface area contributed by atoms with E-state index in [1.54, 1.807) is 0 Å². The van der Waals surface area contributed by atoms with Crippen LogP contribution in [0.15, 0.2) is 24.3 Å². The van der Waals surface area contributed by atoms with Crippen LogP contribution in [0.5, 0.6) is 0 Å². The van der Waals surface area contributed by atoms with Gasteiger partial charge in [-0.1, -0.05) is 18.2 Å². The van der Waals surface area contributed by atoms with Crippen molar-refractivity contribution >= 4 is 17.7 Å². The van der Waals surface area contributed by atoms with Gasteiger partial charge in [-0.25, -0.2) is 0 Å². The number of carbonyl (C=O) groups excluding carboxylic acids is 1. The van der Waals surface area contributed by atoms with Crippen molar-refractivity contribution in [3.05, 3.63) is 40.8 Å². The van der Waals surface area contributed by atoms with E-state index in [2.05, 4.69) is 0 Å². The number of hydrogen-bond acceptors (Lipinski definition) is 1. The van der Waals surface area contributed by atoms with Crippen molar-refractivity contribution in [3.63, 3.8) is 0 Å². The van der Waals surface area contributed by atoms with Gasteiger partial charge in [-0.2, -0.15) is 13.2 Å². The zero-order valence-electron chi connectivity index (χ0n) is 7.38. The van der Waals surface area contributed by atoms with Crippen LogP contribution in [0.25, 0.3) is 11.0 Å². The molecule has 0 fully saturated rings. The van der Waals surface area contributed by atoms with Crippen molar-refractivity contribution < 1.29 is 18.0 Å². The van der Waals surface area contributed by atoms with Crippen LogP contribution in [0, 0.1) is 0 Å². The van der Waals surface area contributed by atoms with Gasteiger partial charge in [-0.3, -0.25) is 10.7 Å². The fourth-order valence-corrected chi connectivity index (χ4v) is 1.06. The molecule has 0 atom stereocenters. The van der Waals surface area contributed by atoms with Gasteiger partial charge in [0.25, 0.3) is 0 Å². The Bertz CT molecular complexity index is 431. The van der Waals surface area contributed by atoms with Crippen LogP contribution in [0.1, 0.15) is 15.9 Å². The summed E-state index contributed by atoms with van der Waals surface area (Å²) in [6.45, 7) is 0. The van der Waals surface area contributed by atoms with Crippen LogP contribution in [0.4, 0.5) is 13.2 Å². The molecule has 0 aliphatic heterocycles. The summed E-state index contributed by atoms with van der Waals surface area (Å²) in [7, 11) is 0. The molecule has 0 bridgehead atoms. The Hall–Kier alpha value is -1.87. The number of aldehydes is 1. The lowest BCUT2D eigenvalue weighted by Gasteiger charge is -2.11. The number of alkyl halides is 3. The number of nitrogens with zero attached hydrogens (tertiary/aromatic N) is 1. The molecule has 0 aliphatic rings. The molecule has 15 heavy (non-hydrogen) atoms. The molecule has 0 aromatic heterocycles. The molecule has 0 saturated heterocycles. The Labute approximate surface area is 83.5 Å². The molecule has 0 aliphatic carbocycles. The fraction of sp³-hybridized carbons (Fsp3) is 0.100. The lowest BCUT2D eigenvalue weighted by atomic mass is 10.0. The molecular formula is C10H5F3NO-. The molecule has 1 aromatic rings. The number of hydrogen-bond donors (Lipinski definition) is 0. The highest BCUT2D eigenvalue weighted by Gasteiger charge is 2.33. The summed E-state index contributed by atoms with van der Waals surface area (Å²) < 4.78 is 36.9. The lowest BCUT2D eigenvalue weighted by molar-refractivity contribution is -0.0678. The van der Waals surface area contributed by atoms with E-state index in [9.17, 15) is 18.0 Å². The van der Waals surface area contributed by atoms with Gasteiger partial charge in [-0.15, -0.1) is 0 Å². The molecule has 78 valence electrons. The van der Waals surface area contributed by atoms with Gasteiger partial charge in [0.1, 0.15) is 6.29 Å². The standard InChI is InChI=1S/C10H5F3NO/c11-10(12,13)9(5-14)8-3-1-2-7(4-8)6-15/h1-4,6H/q-1. The van der Waals surface area contributed by atoms with Gasteiger partial charge in [-0.05, 0) is 11.6 Å². The normalized spacial score (nSPS) is 10.6. The minimum atomic E-state index is -4.70. The smallest absolute Gasteiger partial charge is 0.422 e. The molecule has 0 saturated carbocycles. The largest absolute Gasteiger partial charge is 0.763 e. The Morgan fingerprint density at radius 3 is 2.53 bits per heavy atom. The van der Waals surface area contributed by atoms with Gasteiger partial charge in [0.2, 0.25) is 0 Å². The van der Waals surface area contributed by atoms with Crippen LogP contribution in [-0.2, 0) is 0 Å². The first-order valence-corrected chi connectivity index (χ1v) is 3.89. The third-order valence-electron chi connectivity index (χ3n) is 1.71. The van der Waals surface area contributed by atoms with E-state index in [0.717, 1.165) is 18.0 Å². The minimum Gasteiger partial charge on any atom is -0.763 e. The van der Waals surface area contributed by atoms with Crippen molar-refractivity contribution in [2.45, 2.75) is 6.18 Å². The predicted molar refractivity (Wildman–Crippen MR) is 49.7 cm³/mol. The van der Waals surface area contributed by atoms with E-state index in [1.165, 1.54) is 12.1 Å². The van der Waals surface area contributed by atoms with E-state index in [1.807, 2.05) is 0 Å². The third kappa shape index (κ3) is 2.54. The SMILES string of the molecule is [N-]=C=C(c1cccc(C=O)c1)C(F)(F)F. The second-order valence-corrected chi connectivity index (χ2v) is 2.73. The summed E-state index contributed by atoms with van der Waals surface area (Å²) >= 11 is 0. The average molecular weight is 212 g/mol. The molecule has 0 unspecified atom stereocenters.